The Morgan fingerprint density at radius 1 is 1.00 bits per heavy atom. The second-order valence-electron chi connectivity index (χ2n) is 13.0. The number of nitrogens with zero attached hydrogens (tertiary/aromatic N) is 1. The summed E-state index contributed by atoms with van der Waals surface area (Å²) in [6.07, 6.45) is 21.4. The van der Waals surface area contributed by atoms with Crippen molar-refractivity contribution in [2.24, 2.45) is 23.2 Å². The number of benzene rings is 1. The Hall–Kier alpha value is -1.31. The highest BCUT2D eigenvalue weighted by atomic mass is 16.2. The summed E-state index contributed by atoms with van der Waals surface area (Å²) in [7, 11) is 1.93. The molecule has 1 aromatic carbocycles. The van der Waals surface area contributed by atoms with Gasteiger partial charge in [-0.2, -0.15) is 0 Å². The average Bonchev–Trinajstić information content (AvgIpc) is 3.25. The summed E-state index contributed by atoms with van der Waals surface area (Å²) in [5.74, 6) is 3.99. The van der Waals surface area contributed by atoms with Crippen LogP contribution in [0.3, 0.4) is 0 Å². The van der Waals surface area contributed by atoms with E-state index in [1.165, 1.54) is 89.9 Å². The molecule has 3 aliphatic carbocycles. The van der Waals surface area contributed by atoms with Crippen LogP contribution in [0.1, 0.15) is 134 Å². The number of hydrogen-bond acceptors (Lipinski definition) is 1. The van der Waals surface area contributed by atoms with E-state index in [1.807, 2.05) is 11.9 Å². The lowest BCUT2D eigenvalue weighted by atomic mass is 9.51. The van der Waals surface area contributed by atoms with Gasteiger partial charge in [-0.05, 0) is 99.0 Å². The van der Waals surface area contributed by atoms with Crippen LogP contribution in [0.25, 0.3) is 0 Å². The Labute approximate surface area is 216 Å². The molecule has 4 rings (SSSR count). The fraction of sp³-hybridized carbons (Fsp3) is 0.788. The Morgan fingerprint density at radius 2 is 1.69 bits per heavy atom. The number of hydrogen-bond donors (Lipinski definition) is 0. The number of amides is 1. The van der Waals surface area contributed by atoms with E-state index in [4.69, 9.17) is 0 Å². The van der Waals surface area contributed by atoms with Crippen LogP contribution in [0.4, 0.5) is 0 Å². The molecule has 1 aromatic rings. The minimum atomic E-state index is 0.309. The normalized spacial score (nSPS) is 29.5. The molecular formula is C33H53NO. The number of carbonyl (C=O) groups is 1. The van der Waals surface area contributed by atoms with Crippen molar-refractivity contribution in [3.63, 3.8) is 0 Å². The summed E-state index contributed by atoms with van der Waals surface area (Å²) in [6, 6.07) is 9.80. The third-order valence-corrected chi connectivity index (χ3v) is 10.4. The number of unbranched alkanes of at least 4 members (excludes halogenated alkanes) is 7. The van der Waals surface area contributed by atoms with Gasteiger partial charge in [-0.3, -0.25) is 4.79 Å². The smallest absolute Gasteiger partial charge is 0.222 e. The summed E-state index contributed by atoms with van der Waals surface area (Å²) in [6.45, 7) is 6.83. The predicted molar refractivity (Wildman–Crippen MR) is 149 cm³/mol. The van der Waals surface area contributed by atoms with Crippen LogP contribution in [0.15, 0.2) is 24.3 Å². The van der Waals surface area contributed by atoms with Crippen LogP contribution < -0.4 is 0 Å². The van der Waals surface area contributed by atoms with Gasteiger partial charge in [-0.25, -0.2) is 0 Å². The first-order chi connectivity index (χ1) is 16.9. The minimum absolute atomic E-state index is 0.309. The van der Waals surface area contributed by atoms with Crippen molar-refractivity contribution in [2.75, 3.05) is 7.05 Å². The highest BCUT2D eigenvalue weighted by Crippen LogP contribution is 2.63. The molecule has 0 radical (unpaired) electrons. The van der Waals surface area contributed by atoms with Gasteiger partial charge in [0.25, 0.3) is 0 Å². The summed E-state index contributed by atoms with van der Waals surface area (Å²) in [4.78, 5) is 14.0. The third kappa shape index (κ3) is 6.34. The summed E-state index contributed by atoms with van der Waals surface area (Å²) < 4.78 is 0. The largest absolute Gasteiger partial charge is 0.343 e. The van der Waals surface area contributed by atoms with Crippen LogP contribution in [0.5, 0.6) is 0 Å². The van der Waals surface area contributed by atoms with Gasteiger partial charge in [0, 0.05) is 19.5 Å². The molecule has 3 aliphatic rings. The Balaban J connectivity index is 1.17. The molecule has 0 aliphatic heterocycles. The minimum Gasteiger partial charge on any atom is -0.343 e. The maximum atomic E-state index is 12.1. The van der Waals surface area contributed by atoms with Crippen molar-refractivity contribution >= 4 is 5.91 Å². The molecule has 0 spiro atoms. The van der Waals surface area contributed by atoms with E-state index in [-0.39, 0.29) is 0 Å². The van der Waals surface area contributed by atoms with E-state index in [2.05, 4.69) is 45.0 Å². The Kier molecular flexibility index (Phi) is 9.39. The molecule has 5 atom stereocenters. The standard InChI is InChI=1S/C33H53NO/c1-25(2)34(4)31(35)20-12-10-8-6-5-7-9-11-17-27-24-33(3)23-15-19-30(33)29-22-21-26-16-13-14-18-28(26)32(27)29/h13-14,16,18,25,27,29-30,32H,5-12,15,17,19-24H2,1-4H3/t27-,29-,30-,32+,33-/m0/s1. The lowest BCUT2D eigenvalue weighted by molar-refractivity contribution is -0.131. The Bertz CT molecular complexity index is 815. The Morgan fingerprint density at radius 3 is 2.43 bits per heavy atom. The molecule has 2 fully saturated rings. The van der Waals surface area contributed by atoms with Crippen molar-refractivity contribution in [1.29, 1.82) is 0 Å². The highest BCUT2D eigenvalue weighted by molar-refractivity contribution is 5.76. The molecule has 0 unspecified atom stereocenters. The SMILES string of the molecule is CC(C)N(C)C(=O)CCCCCCCCCC[C@H]1C[C@]2(C)CCC[C@H]2[C@@H]2CCc3ccccc3[C@@H]12. The summed E-state index contributed by atoms with van der Waals surface area (Å²) >= 11 is 0. The number of fused-ring (bicyclic) bond motifs is 5. The molecule has 2 nitrogen and oxygen atoms in total. The molecule has 0 bridgehead atoms. The van der Waals surface area contributed by atoms with Crippen LogP contribution in [-0.4, -0.2) is 23.9 Å². The molecule has 0 heterocycles. The number of carbonyl (C=O) groups excluding carboxylic acids is 1. The molecule has 2 saturated carbocycles. The van der Waals surface area contributed by atoms with Crippen LogP contribution in [0.2, 0.25) is 0 Å². The quantitative estimate of drug-likeness (QED) is 0.274. The molecule has 2 heteroatoms. The molecule has 0 saturated heterocycles. The van der Waals surface area contributed by atoms with Crippen LogP contribution >= 0.6 is 0 Å². The van der Waals surface area contributed by atoms with Gasteiger partial charge in [0.15, 0.2) is 0 Å². The zero-order chi connectivity index (χ0) is 24.8. The van der Waals surface area contributed by atoms with Crippen LogP contribution in [0, 0.1) is 23.2 Å². The third-order valence-electron chi connectivity index (χ3n) is 10.4. The second kappa shape index (κ2) is 12.3. The van der Waals surface area contributed by atoms with Crippen molar-refractivity contribution in [3.05, 3.63) is 35.4 Å². The van der Waals surface area contributed by atoms with Crippen molar-refractivity contribution < 1.29 is 4.79 Å². The number of rotatable bonds is 12. The summed E-state index contributed by atoms with van der Waals surface area (Å²) in [5.41, 5.74) is 4.03. The van der Waals surface area contributed by atoms with Gasteiger partial charge in [-0.15, -0.1) is 0 Å². The fourth-order valence-corrected chi connectivity index (χ4v) is 8.33. The topological polar surface area (TPSA) is 20.3 Å². The van der Waals surface area contributed by atoms with Crippen molar-refractivity contribution in [1.82, 2.24) is 4.90 Å². The van der Waals surface area contributed by atoms with E-state index in [9.17, 15) is 4.79 Å². The molecule has 196 valence electrons. The molecule has 1 amide bonds. The first kappa shape index (κ1) is 26.7. The monoisotopic (exact) mass is 479 g/mol. The zero-order valence-corrected chi connectivity index (χ0v) is 23.4. The van der Waals surface area contributed by atoms with Gasteiger partial charge in [0.1, 0.15) is 0 Å². The number of aryl methyl sites for hydroxylation is 1. The molecule has 35 heavy (non-hydrogen) atoms. The van der Waals surface area contributed by atoms with E-state index >= 15 is 0 Å². The summed E-state index contributed by atoms with van der Waals surface area (Å²) in [5, 5.41) is 0. The molecule has 0 aromatic heterocycles. The van der Waals surface area contributed by atoms with E-state index in [0.29, 0.717) is 17.4 Å². The predicted octanol–water partition coefficient (Wildman–Crippen LogP) is 8.93. The van der Waals surface area contributed by atoms with Crippen molar-refractivity contribution in [3.8, 4) is 0 Å². The lowest BCUT2D eigenvalue weighted by Gasteiger charge is -2.53. The highest BCUT2D eigenvalue weighted by Gasteiger charge is 2.53. The van der Waals surface area contributed by atoms with Crippen molar-refractivity contribution in [2.45, 2.75) is 135 Å². The lowest BCUT2D eigenvalue weighted by Crippen LogP contribution is -2.44. The van der Waals surface area contributed by atoms with Gasteiger partial charge in [0.05, 0.1) is 0 Å². The maximum Gasteiger partial charge on any atom is 0.222 e. The first-order valence-corrected chi connectivity index (χ1v) is 15.2. The van der Waals surface area contributed by atoms with E-state index < -0.39 is 0 Å². The van der Waals surface area contributed by atoms with Gasteiger partial charge in [-0.1, -0.05) is 82.6 Å². The first-order valence-electron chi connectivity index (χ1n) is 15.2. The van der Waals surface area contributed by atoms with E-state index in [0.717, 1.165) is 36.5 Å². The average molecular weight is 480 g/mol. The van der Waals surface area contributed by atoms with E-state index in [1.54, 1.807) is 11.1 Å². The maximum absolute atomic E-state index is 12.1. The van der Waals surface area contributed by atoms with Crippen LogP contribution in [-0.2, 0) is 11.2 Å². The molecular weight excluding hydrogens is 426 g/mol. The van der Waals surface area contributed by atoms with Gasteiger partial charge >= 0.3 is 0 Å². The second-order valence-corrected chi connectivity index (χ2v) is 13.0. The zero-order valence-electron chi connectivity index (χ0n) is 23.4. The van der Waals surface area contributed by atoms with Gasteiger partial charge in [0.2, 0.25) is 5.91 Å². The van der Waals surface area contributed by atoms with Gasteiger partial charge < -0.3 is 4.90 Å². The molecule has 0 N–H and O–H groups in total. The fourth-order valence-electron chi connectivity index (χ4n) is 8.33.